The minimum Gasteiger partial charge on any atom is -0.460 e. The van der Waals surface area contributed by atoms with Crippen molar-refractivity contribution in [3.05, 3.63) is 35.9 Å². The summed E-state index contributed by atoms with van der Waals surface area (Å²) in [7, 11) is 0. The summed E-state index contributed by atoms with van der Waals surface area (Å²) >= 11 is 12.5. The fourth-order valence-corrected chi connectivity index (χ4v) is 2.70. The first-order chi connectivity index (χ1) is 9.26. The maximum atomic E-state index is 11.7. The van der Waals surface area contributed by atoms with E-state index in [1.165, 1.54) is 5.56 Å². The van der Waals surface area contributed by atoms with Crippen LogP contribution in [0.25, 0.3) is 0 Å². The van der Waals surface area contributed by atoms with Crippen molar-refractivity contribution in [2.45, 2.75) is 56.4 Å². The van der Waals surface area contributed by atoms with E-state index in [4.69, 9.17) is 27.9 Å². The molecule has 20 heavy (non-hydrogen) atoms. The number of halogens is 2. The summed E-state index contributed by atoms with van der Waals surface area (Å²) in [6, 6.07) is 10.0. The predicted octanol–water partition coefficient (Wildman–Crippen LogP) is 4.57. The van der Waals surface area contributed by atoms with Gasteiger partial charge in [-0.05, 0) is 39.2 Å². The SMILES string of the molecule is CC(C)(C)OC(=O)C[C@@H](Cl)C[C@@H](Cl)Cc1ccccc1. The Balaban J connectivity index is 2.34. The van der Waals surface area contributed by atoms with Gasteiger partial charge in [-0.1, -0.05) is 30.3 Å². The van der Waals surface area contributed by atoms with Gasteiger partial charge >= 0.3 is 5.97 Å². The summed E-state index contributed by atoms with van der Waals surface area (Å²) in [6.45, 7) is 5.52. The van der Waals surface area contributed by atoms with Crippen molar-refractivity contribution < 1.29 is 9.53 Å². The maximum Gasteiger partial charge on any atom is 0.307 e. The molecule has 0 radical (unpaired) electrons. The first-order valence-electron chi connectivity index (χ1n) is 6.80. The number of hydrogen-bond donors (Lipinski definition) is 0. The standard InChI is InChI=1S/C16H22Cl2O2/c1-16(2,3)20-15(19)11-14(18)10-13(17)9-12-7-5-4-6-8-12/h4-8,13-14H,9-11H2,1-3H3/t13-,14-/m0/s1. The fraction of sp³-hybridized carbons (Fsp3) is 0.562. The summed E-state index contributed by atoms with van der Waals surface area (Å²) in [5.74, 6) is -0.277. The zero-order valence-corrected chi connectivity index (χ0v) is 13.7. The molecule has 0 aromatic heterocycles. The lowest BCUT2D eigenvalue weighted by Crippen LogP contribution is -2.26. The molecule has 1 aromatic rings. The van der Waals surface area contributed by atoms with Crippen LogP contribution in [0.3, 0.4) is 0 Å². The van der Waals surface area contributed by atoms with Gasteiger partial charge in [0, 0.05) is 10.8 Å². The van der Waals surface area contributed by atoms with E-state index in [1.54, 1.807) is 0 Å². The van der Waals surface area contributed by atoms with Crippen LogP contribution in [0.2, 0.25) is 0 Å². The van der Waals surface area contributed by atoms with Crippen molar-refractivity contribution in [2.24, 2.45) is 0 Å². The van der Waals surface area contributed by atoms with Gasteiger partial charge in [0.25, 0.3) is 0 Å². The largest absolute Gasteiger partial charge is 0.460 e. The van der Waals surface area contributed by atoms with Crippen molar-refractivity contribution in [1.29, 1.82) is 0 Å². The second-order valence-corrected chi connectivity index (χ2v) is 7.14. The molecule has 1 aromatic carbocycles. The van der Waals surface area contributed by atoms with Crippen LogP contribution in [0.4, 0.5) is 0 Å². The smallest absolute Gasteiger partial charge is 0.307 e. The van der Waals surface area contributed by atoms with E-state index in [1.807, 2.05) is 51.1 Å². The fourth-order valence-electron chi connectivity index (χ4n) is 1.88. The monoisotopic (exact) mass is 316 g/mol. The molecule has 0 fully saturated rings. The Hall–Kier alpha value is -0.730. The second-order valence-electron chi connectivity index (χ2n) is 5.91. The number of esters is 1. The molecule has 0 aliphatic heterocycles. The molecule has 4 heteroatoms. The van der Waals surface area contributed by atoms with Crippen molar-refractivity contribution in [1.82, 2.24) is 0 Å². The van der Waals surface area contributed by atoms with Crippen LogP contribution in [0.5, 0.6) is 0 Å². The van der Waals surface area contributed by atoms with E-state index in [2.05, 4.69) is 0 Å². The molecule has 0 bridgehead atoms. The zero-order valence-electron chi connectivity index (χ0n) is 12.2. The topological polar surface area (TPSA) is 26.3 Å². The Bertz CT molecular complexity index is 412. The summed E-state index contributed by atoms with van der Waals surface area (Å²) in [5.41, 5.74) is 0.701. The quantitative estimate of drug-likeness (QED) is 0.568. The molecule has 0 aliphatic rings. The van der Waals surface area contributed by atoms with Gasteiger partial charge in [0.2, 0.25) is 0 Å². The first-order valence-corrected chi connectivity index (χ1v) is 7.67. The van der Waals surface area contributed by atoms with E-state index < -0.39 is 5.60 Å². The molecule has 0 N–H and O–H groups in total. The lowest BCUT2D eigenvalue weighted by Gasteiger charge is -2.21. The van der Waals surface area contributed by atoms with Crippen LogP contribution < -0.4 is 0 Å². The van der Waals surface area contributed by atoms with Crippen LogP contribution in [-0.2, 0) is 16.0 Å². The predicted molar refractivity (Wildman–Crippen MR) is 84.5 cm³/mol. The number of ether oxygens (including phenoxy) is 1. The average Bonchev–Trinajstić information content (AvgIpc) is 2.26. The minimum atomic E-state index is -0.474. The summed E-state index contributed by atoms with van der Waals surface area (Å²) in [5, 5.41) is -0.376. The van der Waals surface area contributed by atoms with Crippen molar-refractivity contribution in [3.8, 4) is 0 Å². The number of carbonyl (C=O) groups excluding carboxylic acids is 1. The number of alkyl halides is 2. The molecule has 0 spiro atoms. The van der Waals surface area contributed by atoms with E-state index >= 15 is 0 Å². The Morgan fingerprint density at radius 2 is 1.75 bits per heavy atom. The van der Waals surface area contributed by atoms with Gasteiger partial charge < -0.3 is 4.74 Å². The number of benzene rings is 1. The number of hydrogen-bond acceptors (Lipinski definition) is 2. The molecular formula is C16H22Cl2O2. The highest BCUT2D eigenvalue weighted by atomic mass is 35.5. The molecule has 112 valence electrons. The van der Waals surface area contributed by atoms with E-state index in [0.717, 1.165) is 6.42 Å². The minimum absolute atomic E-state index is 0.0812. The van der Waals surface area contributed by atoms with Crippen molar-refractivity contribution in [2.75, 3.05) is 0 Å². The molecule has 0 saturated heterocycles. The van der Waals surface area contributed by atoms with Crippen LogP contribution >= 0.6 is 23.2 Å². The third-order valence-electron chi connectivity index (χ3n) is 2.62. The lowest BCUT2D eigenvalue weighted by atomic mass is 10.1. The molecule has 2 atom stereocenters. The summed E-state index contributed by atoms with van der Waals surface area (Å²) < 4.78 is 5.24. The highest BCUT2D eigenvalue weighted by Gasteiger charge is 2.21. The Labute approximate surface area is 131 Å². The molecule has 0 unspecified atom stereocenters. The van der Waals surface area contributed by atoms with Crippen molar-refractivity contribution in [3.63, 3.8) is 0 Å². The van der Waals surface area contributed by atoms with E-state index in [9.17, 15) is 4.79 Å². The van der Waals surface area contributed by atoms with Crippen molar-refractivity contribution >= 4 is 29.2 Å². The van der Waals surface area contributed by atoms with Crippen LogP contribution in [0.1, 0.15) is 39.2 Å². The molecule has 0 amide bonds. The van der Waals surface area contributed by atoms with Gasteiger partial charge in [-0.3, -0.25) is 4.79 Å². The molecule has 0 heterocycles. The highest BCUT2D eigenvalue weighted by molar-refractivity contribution is 6.24. The van der Waals surface area contributed by atoms with Crippen LogP contribution in [-0.4, -0.2) is 22.3 Å². The zero-order chi connectivity index (χ0) is 15.2. The molecule has 2 nitrogen and oxygen atoms in total. The maximum absolute atomic E-state index is 11.7. The highest BCUT2D eigenvalue weighted by Crippen LogP contribution is 2.20. The molecule has 0 aliphatic carbocycles. The van der Waals surface area contributed by atoms with Gasteiger partial charge in [0.15, 0.2) is 0 Å². The number of carbonyl (C=O) groups is 1. The first kappa shape index (κ1) is 17.3. The van der Waals surface area contributed by atoms with Gasteiger partial charge in [-0.2, -0.15) is 0 Å². The Morgan fingerprint density at radius 3 is 2.30 bits per heavy atom. The molecule has 1 rings (SSSR count). The van der Waals surface area contributed by atoms with E-state index in [0.29, 0.717) is 6.42 Å². The molecule has 0 saturated carbocycles. The summed E-state index contributed by atoms with van der Waals surface area (Å²) in [6.07, 6.45) is 1.52. The van der Waals surface area contributed by atoms with E-state index in [-0.39, 0.29) is 23.1 Å². The summed E-state index contributed by atoms with van der Waals surface area (Å²) in [4.78, 5) is 11.7. The van der Waals surface area contributed by atoms with Gasteiger partial charge in [0.05, 0.1) is 6.42 Å². The Kier molecular flexibility index (Phi) is 6.84. The number of rotatable bonds is 6. The van der Waals surface area contributed by atoms with Crippen LogP contribution in [0.15, 0.2) is 30.3 Å². The molecular weight excluding hydrogens is 295 g/mol. The third-order valence-corrected chi connectivity index (χ3v) is 3.28. The van der Waals surface area contributed by atoms with Crippen LogP contribution in [0, 0.1) is 0 Å². The average molecular weight is 317 g/mol. The Morgan fingerprint density at radius 1 is 1.15 bits per heavy atom. The second kappa shape index (κ2) is 7.90. The lowest BCUT2D eigenvalue weighted by molar-refractivity contribution is -0.154. The normalized spacial score (nSPS) is 14.7. The van der Waals surface area contributed by atoms with Gasteiger partial charge in [-0.25, -0.2) is 0 Å². The van der Waals surface area contributed by atoms with Gasteiger partial charge in [-0.15, -0.1) is 23.2 Å². The third kappa shape index (κ3) is 7.76. The van der Waals surface area contributed by atoms with Gasteiger partial charge in [0.1, 0.15) is 5.60 Å².